The Morgan fingerprint density at radius 1 is 1.13 bits per heavy atom. The van der Waals surface area contributed by atoms with E-state index >= 15 is 0 Å². The second-order valence-corrected chi connectivity index (χ2v) is 4.24. The minimum atomic E-state index is 0.0274. The first-order valence-corrected chi connectivity index (χ1v) is 6.06. The highest BCUT2D eigenvalue weighted by Crippen LogP contribution is 2.26. The summed E-state index contributed by atoms with van der Waals surface area (Å²) in [6.45, 7) is 5.56. The van der Waals surface area contributed by atoms with Crippen molar-refractivity contribution >= 4 is 0 Å². The maximum absolute atomic E-state index is 9.25. The van der Waals surface area contributed by atoms with Crippen LogP contribution in [-0.2, 0) is 0 Å². The number of rotatable bonds is 9. The van der Waals surface area contributed by atoms with Gasteiger partial charge in [-0.15, -0.1) is 0 Å². The summed E-state index contributed by atoms with van der Waals surface area (Å²) in [6, 6.07) is 0.845. The Labute approximate surface area is 92.4 Å². The molecule has 0 bridgehead atoms. The van der Waals surface area contributed by atoms with Gasteiger partial charge in [0.05, 0.1) is 6.61 Å². The molecule has 0 atom stereocenters. The van der Waals surface area contributed by atoms with E-state index in [9.17, 15) is 5.21 Å². The lowest BCUT2D eigenvalue weighted by molar-refractivity contribution is -0.0992. The zero-order valence-electron chi connectivity index (χ0n) is 9.73. The molecule has 0 aliphatic heterocycles. The fourth-order valence-electron chi connectivity index (χ4n) is 1.88. The highest BCUT2D eigenvalue weighted by atomic mass is 16.5. The lowest BCUT2D eigenvalue weighted by Gasteiger charge is -2.20. The average Bonchev–Trinajstić information content (AvgIpc) is 3.02. The maximum atomic E-state index is 9.25. The van der Waals surface area contributed by atoms with E-state index < -0.39 is 0 Å². The van der Waals surface area contributed by atoms with Crippen molar-refractivity contribution in [2.45, 2.75) is 38.6 Å². The summed E-state index contributed by atoms with van der Waals surface area (Å²) in [5, 5.41) is 19.0. The van der Waals surface area contributed by atoms with Crippen molar-refractivity contribution in [2.24, 2.45) is 0 Å². The molecule has 4 heteroatoms. The quantitative estimate of drug-likeness (QED) is 0.445. The molecule has 0 aromatic heterocycles. The zero-order valence-corrected chi connectivity index (χ0v) is 9.73. The van der Waals surface area contributed by atoms with Gasteiger partial charge in [0.2, 0.25) is 0 Å². The SMILES string of the molecule is CCN(CCCCN(O)CCO)C1CC1. The van der Waals surface area contributed by atoms with Crippen LogP contribution < -0.4 is 0 Å². The van der Waals surface area contributed by atoms with Gasteiger partial charge in [-0.3, -0.25) is 0 Å². The number of hydroxylamine groups is 2. The standard InChI is InChI=1S/C11H24N2O2/c1-2-12(11-5-6-11)7-3-4-8-13(15)9-10-14/h11,14-15H,2-10H2,1H3. The molecule has 1 rings (SSSR count). The Kier molecular flexibility index (Phi) is 6.17. The van der Waals surface area contributed by atoms with Gasteiger partial charge in [0.15, 0.2) is 0 Å². The van der Waals surface area contributed by atoms with Gasteiger partial charge in [-0.1, -0.05) is 6.92 Å². The number of hydrogen-bond acceptors (Lipinski definition) is 4. The zero-order chi connectivity index (χ0) is 11.1. The average molecular weight is 216 g/mol. The van der Waals surface area contributed by atoms with Gasteiger partial charge in [0.1, 0.15) is 0 Å². The minimum Gasteiger partial charge on any atom is -0.395 e. The van der Waals surface area contributed by atoms with E-state index in [0.29, 0.717) is 13.1 Å². The largest absolute Gasteiger partial charge is 0.395 e. The summed E-state index contributed by atoms with van der Waals surface area (Å²) >= 11 is 0. The Bertz CT molecular complexity index is 163. The number of hydrogen-bond donors (Lipinski definition) is 2. The van der Waals surface area contributed by atoms with Gasteiger partial charge in [0, 0.05) is 19.1 Å². The molecule has 0 aromatic rings. The molecule has 1 aliphatic rings. The molecular formula is C11H24N2O2. The van der Waals surface area contributed by atoms with Crippen LogP contribution in [0.4, 0.5) is 0 Å². The molecule has 1 aliphatic carbocycles. The highest BCUT2D eigenvalue weighted by molar-refractivity contribution is 4.83. The fourth-order valence-corrected chi connectivity index (χ4v) is 1.88. The van der Waals surface area contributed by atoms with Crippen molar-refractivity contribution < 1.29 is 10.3 Å². The van der Waals surface area contributed by atoms with E-state index in [4.69, 9.17) is 5.11 Å². The molecule has 1 saturated carbocycles. The Hall–Kier alpha value is -0.160. The summed E-state index contributed by atoms with van der Waals surface area (Å²) in [5.74, 6) is 0. The third-order valence-corrected chi connectivity index (χ3v) is 2.94. The van der Waals surface area contributed by atoms with Gasteiger partial charge in [0.25, 0.3) is 0 Å². The lowest BCUT2D eigenvalue weighted by Crippen LogP contribution is -2.28. The number of aliphatic hydroxyl groups is 1. The van der Waals surface area contributed by atoms with Crippen LogP contribution in [0.1, 0.15) is 32.6 Å². The van der Waals surface area contributed by atoms with Crippen molar-refractivity contribution in [3.63, 3.8) is 0 Å². The first kappa shape index (κ1) is 12.9. The summed E-state index contributed by atoms with van der Waals surface area (Å²) in [7, 11) is 0. The third kappa shape index (κ3) is 5.47. The predicted molar refractivity (Wildman–Crippen MR) is 59.9 cm³/mol. The summed E-state index contributed by atoms with van der Waals surface area (Å²) < 4.78 is 0. The van der Waals surface area contributed by atoms with E-state index in [1.54, 1.807) is 0 Å². The molecule has 1 fully saturated rings. The summed E-state index contributed by atoms with van der Waals surface area (Å²) in [6.07, 6.45) is 4.86. The molecule has 0 spiro atoms. The van der Waals surface area contributed by atoms with E-state index in [1.165, 1.54) is 17.9 Å². The maximum Gasteiger partial charge on any atom is 0.0581 e. The second-order valence-electron chi connectivity index (χ2n) is 4.24. The van der Waals surface area contributed by atoms with Crippen LogP contribution in [0.15, 0.2) is 0 Å². The smallest absolute Gasteiger partial charge is 0.0581 e. The lowest BCUT2D eigenvalue weighted by atomic mass is 10.3. The van der Waals surface area contributed by atoms with Gasteiger partial charge in [-0.25, -0.2) is 0 Å². The van der Waals surface area contributed by atoms with Crippen molar-refractivity contribution in [1.82, 2.24) is 9.96 Å². The highest BCUT2D eigenvalue weighted by Gasteiger charge is 2.26. The molecule has 0 unspecified atom stereocenters. The molecule has 0 aromatic carbocycles. The normalized spacial score (nSPS) is 16.6. The van der Waals surface area contributed by atoms with E-state index in [0.717, 1.165) is 32.0 Å². The summed E-state index contributed by atoms with van der Waals surface area (Å²) in [5.41, 5.74) is 0. The van der Waals surface area contributed by atoms with E-state index in [1.807, 2.05) is 0 Å². The molecule has 4 nitrogen and oxygen atoms in total. The third-order valence-electron chi connectivity index (χ3n) is 2.94. The fraction of sp³-hybridized carbons (Fsp3) is 1.00. The van der Waals surface area contributed by atoms with E-state index in [2.05, 4.69) is 11.8 Å². The van der Waals surface area contributed by atoms with Crippen molar-refractivity contribution in [2.75, 3.05) is 32.8 Å². The predicted octanol–water partition coefficient (Wildman–Crippen LogP) is 0.934. The first-order valence-electron chi connectivity index (χ1n) is 6.06. The molecular weight excluding hydrogens is 192 g/mol. The molecule has 0 heterocycles. The Morgan fingerprint density at radius 3 is 2.33 bits per heavy atom. The van der Waals surface area contributed by atoms with Gasteiger partial charge in [-0.2, -0.15) is 5.06 Å². The second kappa shape index (κ2) is 7.17. The first-order chi connectivity index (χ1) is 7.27. The Balaban J connectivity index is 1.95. The van der Waals surface area contributed by atoms with Crippen LogP contribution in [0.5, 0.6) is 0 Å². The van der Waals surface area contributed by atoms with Crippen LogP contribution in [0, 0.1) is 0 Å². The van der Waals surface area contributed by atoms with Crippen LogP contribution in [-0.4, -0.2) is 59.1 Å². The van der Waals surface area contributed by atoms with Crippen LogP contribution in [0.3, 0.4) is 0 Å². The molecule has 0 amide bonds. The number of unbranched alkanes of at least 4 members (excludes halogenated alkanes) is 1. The molecule has 90 valence electrons. The molecule has 0 saturated heterocycles. The number of nitrogens with zero attached hydrogens (tertiary/aromatic N) is 2. The van der Waals surface area contributed by atoms with Crippen LogP contribution >= 0.6 is 0 Å². The van der Waals surface area contributed by atoms with Gasteiger partial charge >= 0.3 is 0 Å². The van der Waals surface area contributed by atoms with Crippen molar-refractivity contribution in [1.29, 1.82) is 0 Å². The van der Waals surface area contributed by atoms with Crippen LogP contribution in [0.25, 0.3) is 0 Å². The molecule has 2 N–H and O–H groups in total. The van der Waals surface area contributed by atoms with Crippen molar-refractivity contribution in [3.8, 4) is 0 Å². The summed E-state index contributed by atoms with van der Waals surface area (Å²) in [4.78, 5) is 2.52. The van der Waals surface area contributed by atoms with Gasteiger partial charge in [-0.05, 0) is 38.8 Å². The van der Waals surface area contributed by atoms with Crippen molar-refractivity contribution in [3.05, 3.63) is 0 Å². The topological polar surface area (TPSA) is 46.9 Å². The molecule has 0 radical (unpaired) electrons. The monoisotopic (exact) mass is 216 g/mol. The van der Waals surface area contributed by atoms with Gasteiger partial charge < -0.3 is 15.2 Å². The minimum absolute atomic E-state index is 0.0274. The molecule has 15 heavy (non-hydrogen) atoms. The number of aliphatic hydroxyl groups excluding tert-OH is 1. The Morgan fingerprint density at radius 2 is 1.80 bits per heavy atom. The van der Waals surface area contributed by atoms with E-state index in [-0.39, 0.29) is 6.61 Å². The van der Waals surface area contributed by atoms with Crippen LogP contribution in [0.2, 0.25) is 0 Å².